The minimum atomic E-state index is -3.64. The maximum atomic E-state index is 12.7. The molecule has 0 aliphatic heterocycles. The maximum absolute atomic E-state index is 12.7. The van der Waals surface area contributed by atoms with Gasteiger partial charge in [-0.25, -0.2) is 8.42 Å². The van der Waals surface area contributed by atoms with E-state index in [9.17, 15) is 13.2 Å². The SMILES string of the molecule is COc1ccc(OC[C@H](C)NC(=O)[C@H](C)N(c2ccc(C)cc2)S(C)(=O)=O)cc1. The molecule has 2 rings (SSSR count). The van der Waals surface area contributed by atoms with Crippen molar-refractivity contribution in [3.63, 3.8) is 0 Å². The fourth-order valence-electron chi connectivity index (χ4n) is 2.80. The number of hydrogen-bond acceptors (Lipinski definition) is 5. The Morgan fingerprint density at radius 2 is 1.59 bits per heavy atom. The van der Waals surface area contributed by atoms with Gasteiger partial charge in [-0.05, 0) is 57.2 Å². The number of benzene rings is 2. The number of hydrogen-bond donors (Lipinski definition) is 1. The van der Waals surface area contributed by atoms with Gasteiger partial charge in [0.2, 0.25) is 15.9 Å². The van der Waals surface area contributed by atoms with Crippen molar-refractivity contribution in [2.24, 2.45) is 0 Å². The standard InChI is InChI=1S/C21H28N2O5S/c1-15-6-8-18(9-7-15)23(29(5,25)26)17(3)21(24)22-16(2)14-28-20-12-10-19(27-4)11-13-20/h6-13,16-17H,14H2,1-5H3,(H,22,24)/t16-,17-/m0/s1. The van der Waals surface area contributed by atoms with Crippen LogP contribution in [-0.2, 0) is 14.8 Å². The molecule has 0 heterocycles. The molecular weight excluding hydrogens is 392 g/mol. The van der Waals surface area contributed by atoms with Crippen LogP contribution in [0.15, 0.2) is 48.5 Å². The fraction of sp³-hybridized carbons (Fsp3) is 0.381. The van der Waals surface area contributed by atoms with Crippen LogP contribution in [0.5, 0.6) is 11.5 Å². The Bertz CT molecular complexity index is 911. The minimum absolute atomic E-state index is 0.244. The fourth-order valence-corrected chi connectivity index (χ4v) is 3.97. The summed E-state index contributed by atoms with van der Waals surface area (Å²) in [5, 5.41) is 2.81. The zero-order valence-corrected chi connectivity index (χ0v) is 18.2. The van der Waals surface area contributed by atoms with Crippen LogP contribution >= 0.6 is 0 Å². The van der Waals surface area contributed by atoms with Crippen molar-refractivity contribution in [3.8, 4) is 11.5 Å². The summed E-state index contributed by atoms with van der Waals surface area (Å²) >= 11 is 0. The molecule has 2 aromatic carbocycles. The van der Waals surface area contributed by atoms with Crippen molar-refractivity contribution in [1.82, 2.24) is 5.32 Å². The van der Waals surface area contributed by atoms with E-state index in [-0.39, 0.29) is 12.6 Å². The molecule has 0 spiro atoms. The molecule has 0 unspecified atom stereocenters. The van der Waals surface area contributed by atoms with Gasteiger partial charge in [-0.1, -0.05) is 17.7 Å². The highest BCUT2D eigenvalue weighted by molar-refractivity contribution is 7.92. The summed E-state index contributed by atoms with van der Waals surface area (Å²) in [6.07, 6.45) is 1.09. The molecule has 0 fully saturated rings. The van der Waals surface area contributed by atoms with E-state index in [4.69, 9.17) is 9.47 Å². The summed E-state index contributed by atoms with van der Waals surface area (Å²) in [5.74, 6) is 0.976. The lowest BCUT2D eigenvalue weighted by molar-refractivity contribution is -0.122. The molecule has 7 nitrogen and oxygen atoms in total. The second-order valence-corrected chi connectivity index (χ2v) is 8.83. The Balaban J connectivity index is 2.01. The highest BCUT2D eigenvalue weighted by atomic mass is 32.2. The van der Waals surface area contributed by atoms with E-state index in [1.54, 1.807) is 57.4 Å². The van der Waals surface area contributed by atoms with Crippen LogP contribution in [0.25, 0.3) is 0 Å². The summed E-state index contributed by atoms with van der Waals surface area (Å²) in [7, 11) is -2.06. The molecule has 8 heteroatoms. The Hall–Kier alpha value is -2.74. The van der Waals surface area contributed by atoms with Crippen LogP contribution in [0.2, 0.25) is 0 Å². The number of sulfonamides is 1. The summed E-state index contributed by atoms with van der Waals surface area (Å²) in [4.78, 5) is 12.7. The Labute approximate surface area is 172 Å². The van der Waals surface area contributed by atoms with Crippen molar-refractivity contribution in [1.29, 1.82) is 0 Å². The smallest absolute Gasteiger partial charge is 0.243 e. The second-order valence-electron chi connectivity index (χ2n) is 6.97. The summed E-state index contributed by atoms with van der Waals surface area (Å²) in [6.45, 7) is 5.52. The van der Waals surface area contributed by atoms with Gasteiger partial charge in [0.05, 0.1) is 25.1 Å². The number of carbonyl (C=O) groups is 1. The number of amides is 1. The van der Waals surface area contributed by atoms with E-state index < -0.39 is 22.0 Å². The molecule has 1 N–H and O–H groups in total. The molecule has 0 saturated carbocycles. The van der Waals surface area contributed by atoms with Gasteiger partial charge in [-0.3, -0.25) is 9.10 Å². The van der Waals surface area contributed by atoms with E-state index in [1.165, 1.54) is 0 Å². The maximum Gasteiger partial charge on any atom is 0.243 e. The van der Waals surface area contributed by atoms with Crippen LogP contribution in [0.4, 0.5) is 5.69 Å². The minimum Gasteiger partial charge on any atom is -0.497 e. The van der Waals surface area contributed by atoms with Crippen molar-refractivity contribution in [2.45, 2.75) is 32.9 Å². The number of aryl methyl sites for hydroxylation is 1. The van der Waals surface area contributed by atoms with Gasteiger partial charge >= 0.3 is 0 Å². The average Bonchev–Trinajstić information content (AvgIpc) is 2.67. The monoisotopic (exact) mass is 420 g/mol. The van der Waals surface area contributed by atoms with Gasteiger partial charge in [0.1, 0.15) is 24.1 Å². The lowest BCUT2D eigenvalue weighted by Crippen LogP contribution is -2.50. The van der Waals surface area contributed by atoms with Crippen LogP contribution in [0.1, 0.15) is 19.4 Å². The molecule has 158 valence electrons. The van der Waals surface area contributed by atoms with Crippen LogP contribution < -0.4 is 19.1 Å². The lowest BCUT2D eigenvalue weighted by Gasteiger charge is -2.29. The summed E-state index contributed by atoms with van der Waals surface area (Å²) < 4.78 is 36.5. The van der Waals surface area contributed by atoms with E-state index in [0.29, 0.717) is 11.4 Å². The molecule has 0 radical (unpaired) electrons. The molecule has 2 atom stereocenters. The Morgan fingerprint density at radius 1 is 1.03 bits per heavy atom. The van der Waals surface area contributed by atoms with Crippen molar-refractivity contribution >= 4 is 21.6 Å². The molecule has 29 heavy (non-hydrogen) atoms. The van der Waals surface area contributed by atoms with E-state index >= 15 is 0 Å². The first kappa shape index (κ1) is 22.5. The normalized spacial score (nSPS) is 13.3. The quantitative estimate of drug-likeness (QED) is 0.674. The highest BCUT2D eigenvalue weighted by Gasteiger charge is 2.29. The molecule has 1 amide bonds. The number of ether oxygens (including phenoxy) is 2. The number of rotatable bonds is 9. The molecular formula is C21H28N2O5S. The number of anilines is 1. The Morgan fingerprint density at radius 3 is 2.10 bits per heavy atom. The van der Waals surface area contributed by atoms with E-state index in [1.807, 2.05) is 19.1 Å². The molecule has 0 bridgehead atoms. The van der Waals surface area contributed by atoms with E-state index in [2.05, 4.69) is 5.32 Å². The summed E-state index contributed by atoms with van der Waals surface area (Å²) in [6, 6.07) is 12.9. The molecule has 0 aliphatic rings. The molecule has 2 aromatic rings. The predicted molar refractivity (Wildman–Crippen MR) is 114 cm³/mol. The first-order valence-electron chi connectivity index (χ1n) is 9.25. The van der Waals surface area contributed by atoms with Crippen molar-refractivity contribution in [2.75, 3.05) is 24.3 Å². The van der Waals surface area contributed by atoms with Gasteiger partial charge in [0, 0.05) is 0 Å². The van der Waals surface area contributed by atoms with E-state index in [0.717, 1.165) is 21.9 Å². The summed E-state index contributed by atoms with van der Waals surface area (Å²) in [5.41, 5.74) is 1.45. The van der Waals surface area contributed by atoms with Crippen LogP contribution in [0.3, 0.4) is 0 Å². The van der Waals surface area contributed by atoms with Crippen LogP contribution in [0, 0.1) is 6.92 Å². The topological polar surface area (TPSA) is 84.9 Å². The van der Waals surface area contributed by atoms with Crippen molar-refractivity contribution < 1.29 is 22.7 Å². The number of methoxy groups -OCH3 is 1. The second kappa shape index (κ2) is 9.65. The first-order valence-corrected chi connectivity index (χ1v) is 11.1. The average molecular weight is 421 g/mol. The number of nitrogens with one attached hydrogen (secondary N) is 1. The van der Waals surface area contributed by atoms with Gasteiger partial charge in [0.15, 0.2) is 0 Å². The number of carbonyl (C=O) groups excluding carboxylic acids is 1. The zero-order chi connectivity index (χ0) is 21.6. The zero-order valence-electron chi connectivity index (χ0n) is 17.4. The molecule has 0 aromatic heterocycles. The number of nitrogens with zero attached hydrogens (tertiary/aromatic N) is 1. The first-order chi connectivity index (χ1) is 13.6. The predicted octanol–water partition coefficient (Wildman–Crippen LogP) is 2.74. The lowest BCUT2D eigenvalue weighted by atomic mass is 10.2. The van der Waals surface area contributed by atoms with Crippen LogP contribution in [-0.4, -0.2) is 46.4 Å². The van der Waals surface area contributed by atoms with Gasteiger partial charge in [-0.2, -0.15) is 0 Å². The third-order valence-corrected chi connectivity index (χ3v) is 5.57. The van der Waals surface area contributed by atoms with Crippen molar-refractivity contribution in [3.05, 3.63) is 54.1 Å². The molecule has 0 aliphatic carbocycles. The third-order valence-electron chi connectivity index (χ3n) is 4.33. The van der Waals surface area contributed by atoms with Gasteiger partial charge in [0.25, 0.3) is 0 Å². The van der Waals surface area contributed by atoms with Gasteiger partial charge < -0.3 is 14.8 Å². The largest absolute Gasteiger partial charge is 0.497 e. The highest BCUT2D eigenvalue weighted by Crippen LogP contribution is 2.21. The third kappa shape index (κ3) is 6.39. The van der Waals surface area contributed by atoms with Gasteiger partial charge in [-0.15, -0.1) is 0 Å². The Kier molecular flexibility index (Phi) is 7.50. The molecule has 0 saturated heterocycles.